The van der Waals surface area contributed by atoms with E-state index in [1.165, 1.54) is 4.57 Å². The van der Waals surface area contributed by atoms with Gasteiger partial charge in [0.25, 0.3) is 6.43 Å². The number of aliphatic hydroxyl groups is 1. The average Bonchev–Trinajstić information content (AvgIpc) is 3.20. The number of nitrogens with zero attached hydrogens (tertiary/aromatic N) is 6. The van der Waals surface area contributed by atoms with Crippen LogP contribution in [0.25, 0.3) is 27.8 Å². The number of hydrogen-bond donors (Lipinski definition) is 2. The molecular formula is C20H21F2N7O. The van der Waals surface area contributed by atoms with Crippen LogP contribution in [0.4, 0.5) is 14.7 Å². The summed E-state index contributed by atoms with van der Waals surface area (Å²) in [6, 6.07) is 3.87. The second-order valence-corrected chi connectivity index (χ2v) is 8.11. The van der Waals surface area contributed by atoms with Crippen LogP contribution in [0.2, 0.25) is 0 Å². The van der Waals surface area contributed by atoms with Crippen LogP contribution >= 0.6 is 0 Å². The fourth-order valence-electron chi connectivity index (χ4n) is 4.13. The highest BCUT2D eigenvalue weighted by atomic mass is 19.3. The Labute approximate surface area is 170 Å². The molecule has 30 heavy (non-hydrogen) atoms. The first-order valence-electron chi connectivity index (χ1n) is 9.74. The third kappa shape index (κ3) is 3.26. The molecule has 0 aliphatic heterocycles. The number of halogens is 2. The Bertz CT molecular complexity index is 1240. The first kappa shape index (κ1) is 18.9. The van der Waals surface area contributed by atoms with Gasteiger partial charge in [-0.3, -0.25) is 0 Å². The Hall–Kier alpha value is -3.14. The molecule has 4 aromatic rings. The molecule has 10 heteroatoms. The monoisotopic (exact) mass is 413 g/mol. The van der Waals surface area contributed by atoms with Crippen molar-refractivity contribution in [3.05, 3.63) is 36.5 Å². The molecule has 0 bridgehead atoms. The number of imidazole rings is 1. The number of anilines is 1. The lowest BCUT2D eigenvalue weighted by molar-refractivity contribution is -0.0236. The van der Waals surface area contributed by atoms with E-state index in [1.54, 1.807) is 23.8 Å². The largest absolute Gasteiger partial charge is 0.390 e. The molecule has 4 aromatic heterocycles. The van der Waals surface area contributed by atoms with E-state index in [0.29, 0.717) is 35.8 Å². The van der Waals surface area contributed by atoms with Gasteiger partial charge in [-0.15, -0.1) is 5.10 Å². The Kier molecular flexibility index (Phi) is 4.21. The van der Waals surface area contributed by atoms with Crippen molar-refractivity contribution in [2.75, 3.05) is 5.32 Å². The second-order valence-electron chi connectivity index (χ2n) is 8.11. The van der Waals surface area contributed by atoms with E-state index in [-0.39, 0.29) is 6.04 Å². The van der Waals surface area contributed by atoms with E-state index in [2.05, 4.69) is 25.4 Å². The van der Waals surface area contributed by atoms with Crippen molar-refractivity contribution in [3.8, 4) is 11.1 Å². The molecule has 1 aliphatic rings. The summed E-state index contributed by atoms with van der Waals surface area (Å²) in [6.07, 6.45) is 4.05. The molecule has 4 heterocycles. The molecule has 1 fully saturated rings. The zero-order valence-corrected chi connectivity index (χ0v) is 16.5. The Morgan fingerprint density at radius 1 is 1.27 bits per heavy atom. The van der Waals surface area contributed by atoms with E-state index in [1.807, 2.05) is 25.3 Å². The highest BCUT2D eigenvalue weighted by Gasteiger charge is 2.38. The van der Waals surface area contributed by atoms with Gasteiger partial charge in [-0.1, -0.05) is 0 Å². The standard InChI is InChI=1S/C20H21F2N7O/c1-11-25-18-15(28(11)10-17(21)22)5-12(8-23-18)14-3-4-29-16(14)9-24-19(27-29)26-13-6-20(2,30)7-13/h3-5,8-9,13,17,30H,6-7,10H2,1-2H3,(H,26,27). The summed E-state index contributed by atoms with van der Waals surface area (Å²) in [5, 5.41) is 17.6. The summed E-state index contributed by atoms with van der Waals surface area (Å²) in [6.45, 7) is 3.09. The van der Waals surface area contributed by atoms with Gasteiger partial charge in [-0.05, 0) is 38.8 Å². The minimum absolute atomic E-state index is 0.150. The Morgan fingerprint density at radius 2 is 2.07 bits per heavy atom. The van der Waals surface area contributed by atoms with Crippen molar-refractivity contribution >= 4 is 22.6 Å². The van der Waals surface area contributed by atoms with Gasteiger partial charge in [0, 0.05) is 29.6 Å². The number of fused-ring (bicyclic) bond motifs is 2. The van der Waals surface area contributed by atoms with Crippen LogP contribution in [0.1, 0.15) is 25.6 Å². The topological polar surface area (TPSA) is 93.2 Å². The molecule has 0 aromatic carbocycles. The minimum Gasteiger partial charge on any atom is -0.390 e. The van der Waals surface area contributed by atoms with Gasteiger partial charge in [0.15, 0.2) is 5.65 Å². The summed E-state index contributed by atoms with van der Waals surface area (Å²) in [4.78, 5) is 13.0. The summed E-state index contributed by atoms with van der Waals surface area (Å²) in [7, 11) is 0. The molecule has 0 spiro atoms. The maximum absolute atomic E-state index is 13.0. The Balaban J connectivity index is 1.48. The van der Waals surface area contributed by atoms with Gasteiger partial charge in [0.1, 0.15) is 5.82 Å². The molecule has 0 saturated heterocycles. The number of pyridine rings is 1. The van der Waals surface area contributed by atoms with Crippen LogP contribution in [0.3, 0.4) is 0 Å². The zero-order chi connectivity index (χ0) is 21.0. The molecule has 5 rings (SSSR count). The average molecular weight is 413 g/mol. The summed E-state index contributed by atoms with van der Waals surface area (Å²) in [5.41, 5.74) is 2.80. The molecule has 8 nitrogen and oxygen atoms in total. The normalized spacial score (nSPS) is 21.5. The lowest BCUT2D eigenvalue weighted by atomic mass is 9.77. The SMILES string of the molecule is Cc1nc2ncc(-c3ccn4nc(NC5CC(C)(O)C5)ncc34)cc2n1CC(F)F. The molecule has 2 N–H and O–H groups in total. The summed E-state index contributed by atoms with van der Waals surface area (Å²) < 4.78 is 29.2. The quantitative estimate of drug-likeness (QED) is 0.522. The predicted molar refractivity (Wildman–Crippen MR) is 108 cm³/mol. The molecule has 0 unspecified atom stereocenters. The third-order valence-corrected chi connectivity index (χ3v) is 5.55. The van der Waals surface area contributed by atoms with Crippen molar-refractivity contribution in [1.82, 2.24) is 29.1 Å². The number of nitrogens with one attached hydrogen (secondary N) is 1. The van der Waals surface area contributed by atoms with Crippen LogP contribution in [-0.2, 0) is 6.54 Å². The van der Waals surface area contributed by atoms with Crippen LogP contribution < -0.4 is 5.32 Å². The maximum atomic E-state index is 13.0. The lowest BCUT2D eigenvalue weighted by Gasteiger charge is -2.41. The first-order valence-corrected chi connectivity index (χ1v) is 9.74. The van der Waals surface area contributed by atoms with Crippen LogP contribution in [0.15, 0.2) is 30.7 Å². The highest BCUT2D eigenvalue weighted by Crippen LogP contribution is 2.33. The van der Waals surface area contributed by atoms with E-state index in [9.17, 15) is 13.9 Å². The van der Waals surface area contributed by atoms with Gasteiger partial charge < -0.3 is 15.0 Å². The molecule has 0 radical (unpaired) electrons. The smallest absolute Gasteiger partial charge is 0.256 e. The lowest BCUT2D eigenvalue weighted by Crippen LogP contribution is -2.48. The van der Waals surface area contributed by atoms with Gasteiger partial charge in [-0.2, -0.15) is 0 Å². The number of hydrogen-bond acceptors (Lipinski definition) is 6. The molecule has 0 amide bonds. The maximum Gasteiger partial charge on any atom is 0.256 e. The van der Waals surface area contributed by atoms with Crippen molar-refractivity contribution < 1.29 is 13.9 Å². The van der Waals surface area contributed by atoms with Gasteiger partial charge in [-0.25, -0.2) is 28.2 Å². The van der Waals surface area contributed by atoms with Crippen LogP contribution in [0, 0.1) is 6.92 Å². The van der Waals surface area contributed by atoms with E-state index < -0.39 is 18.6 Å². The summed E-state index contributed by atoms with van der Waals surface area (Å²) in [5.74, 6) is 0.995. The highest BCUT2D eigenvalue weighted by molar-refractivity contribution is 5.85. The van der Waals surface area contributed by atoms with E-state index >= 15 is 0 Å². The van der Waals surface area contributed by atoms with E-state index in [0.717, 1.165) is 16.6 Å². The van der Waals surface area contributed by atoms with Gasteiger partial charge in [0.05, 0.1) is 29.4 Å². The third-order valence-electron chi connectivity index (χ3n) is 5.55. The van der Waals surface area contributed by atoms with Crippen LogP contribution in [0.5, 0.6) is 0 Å². The molecule has 0 atom stereocenters. The Morgan fingerprint density at radius 3 is 2.80 bits per heavy atom. The fourth-order valence-corrected chi connectivity index (χ4v) is 4.13. The van der Waals surface area contributed by atoms with Gasteiger partial charge in [0.2, 0.25) is 5.95 Å². The van der Waals surface area contributed by atoms with Gasteiger partial charge >= 0.3 is 0 Å². The van der Waals surface area contributed by atoms with Crippen molar-refractivity contribution in [1.29, 1.82) is 0 Å². The number of rotatable bonds is 5. The zero-order valence-electron chi connectivity index (χ0n) is 16.5. The van der Waals surface area contributed by atoms with Crippen molar-refractivity contribution in [2.24, 2.45) is 0 Å². The minimum atomic E-state index is -2.47. The van der Waals surface area contributed by atoms with E-state index in [4.69, 9.17) is 0 Å². The predicted octanol–water partition coefficient (Wildman–Crippen LogP) is 3.04. The van der Waals surface area contributed by atoms with Crippen molar-refractivity contribution in [3.63, 3.8) is 0 Å². The molecule has 1 saturated carbocycles. The number of alkyl halides is 2. The molecule has 156 valence electrons. The van der Waals surface area contributed by atoms with Crippen LogP contribution in [-0.4, -0.2) is 52.3 Å². The molecular weight excluding hydrogens is 392 g/mol. The second kappa shape index (κ2) is 6.69. The summed E-state index contributed by atoms with van der Waals surface area (Å²) >= 11 is 0. The first-order chi connectivity index (χ1) is 14.3. The fraction of sp³-hybridized carbons (Fsp3) is 0.400. The van der Waals surface area contributed by atoms with Crippen molar-refractivity contribution in [2.45, 2.75) is 51.3 Å². The number of aryl methyl sites for hydroxylation is 1. The molecule has 1 aliphatic carbocycles. The number of aromatic nitrogens is 6.